The van der Waals surface area contributed by atoms with Crippen LogP contribution in [0.4, 0.5) is 0 Å². The lowest BCUT2D eigenvalue weighted by molar-refractivity contribution is 0.766. The molecule has 5 nitrogen and oxygen atoms in total. The summed E-state index contributed by atoms with van der Waals surface area (Å²) >= 11 is 0. The van der Waals surface area contributed by atoms with Crippen molar-refractivity contribution in [2.45, 2.75) is 20.4 Å². The van der Waals surface area contributed by atoms with Crippen LogP contribution in [0.15, 0.2) is 53.3 Å². The standard InChI is InChI=1S/C18H16N4O/c1-12-8-9-16-15(10-12)17(23)21(11-14-6-4-3-5-7-14)18-20-19-13(2)22(16)18/h3-10H,11H2,1-2H3. The number of rotatable bonds is 2. The zero-order chi connectivity index (χ0) is 16.0. The number of benzene rings is 2. The van der Waals surface area contributed by atoms with Crippen molar-refractivity contribution < 1.29 is 0 Å². The highest BCUT2D eigenvalue weighted by atomic mass is 16.1. The molecular formula is C18H16N4O. The molecule has 114 valence electrons. The van der Waals surface area contributed by atoms with Gasteiger partial charge in [0.05, 0.1) is 17.4 Å². The van der Waals surface area contributed by atoms with Gasteiger partial charge in [0.15, 0.2) is 0 Å². The highest BCUT2D eigenvalue weighted by Crippen LogP contribution is 2.16. The summed E-state index contributed by atoms with van der Waals surface area (Å²) in [5, 5.41) is 9.08. The second-order valence-electron chi connectivity index (χ2n) is 5.78. The second kappa shape index (κ2) is 5.05. The third-order valence-electron chi connectivity index (χ3n) is 4.10. The van der Waals surface area contributed by atoms with Crippen molar-refractivity contribution in [3.8, 4) is 0 Å². The Balaban J connectivity index is 2.09. The Kier molecular flexibility index (Phi) is 3.01. The monoisotopic (exact) mass is 304 g/mol. The summed E-state index contributed by atoms with van der Waals surface area (Å²) in [7, 11) is 0. The average molecular weight is 304 g/mol. The van der Waals surface area contributed by atoms with Crippen molar-refractivity contribution in [2.75, 3.05) is 0 Å². The van der Waals surface area contributed by atoms with Crippen LogP contribution in [0.1, 0.15) is 17.0 Å². The molecule has 0 spiro atoms. The smallest absolute Gasteiger partial charge is 0.263 e. The Morgan fingerprint density at radius 1 is 1.00 bits per heavy atom. The first-order valence-electron chi connectivity index (χ1n) is 7.54. The Bertz CT molecular complexity index is 1080. The van der Waals surface area contributed by atoms with Crippen LogP contribution >= 0.6 is 0 Å². The van der Waals surface area contributed by atoms with Crippen molar-refractivity contribution in [1.82, 2.24) is 19.2 Å². The predicted octanol–water partition coefficient (Wildman–Crippen LogP) is 2.71. The lowest BCUT2D eigenvalue weighted by atomic mass is 10.1. The van der Waals surface area contributed by atoms with Gasteiger partial charge in [0.2, 0.25) is 5.78 Å². The molecule has 2 aromatic heterocycles. The van der Waals surface area contributed by atoms with Crippen molar-refractivity contribution in [2.24, 2.45) is 0 Å². The minimum absolute atomic E-state index is 0.0348. The van der Waals surface area contributed by atoms with E-state index in [1.807, 2.05) is 66.8 Å². The molecule has 0 amide bonds. The number of nitrogens with zero attached hydrogens (tertiary/aromatic N) is 4. The summed E-state index contributed by atoms with van der Waals surface area (Å²) in [6.07, 6.45) is 0. The van der Waals surface area contributed by atoms with Crippen molar-refractivity contribution in [3.63, 3.8) is 0 Å². The maximum Gasteiger partial charge on any atom is 0.263 e. The van der Waals surface area contributed by atoms with E-state index in [4.69, 9.17) is 0 Å². The minimum atomic E-state index is -0.0348. The molecule has 0 N–H and O–H groups in total. The molecule has 0 bridgehead atoms. The van der Waals surface area contributed by atoms with Gasteiger partial charge in [-0.15, -0.1) is 10.2 Å². The number of hydrogen-bond donors (Lipinski definition) is 0. The van der Waals surface area contributed by atoms with Gasteiger partial charge in [-0.3, -0.25) is 13.8 Å². The molecule has 0 fully saturated rings. The molecule has 2 aromatic carbocycles. The predicted molar refractivity (Wildman–Crippen MR) is 89.8 cm³/mol. The van der Waals surface area contributed by atoms with Gasteiger partial charge in [-0.25, -0.2) is 0 Å². The Hall–Kier alpha value is -2.95. The Morgan fingerprint density at radius 2 is 1.78 bits per heavy atom. The van der Waals surface area contributed by atoms with Crippen LogP contribution in [0.5, 0.6) is 0 Å². The summed E-state index contributed by atoms with van der Waals surface area (Å²) in [5.74, 6) is 1.35. The number of hydrogen-bond acceptors (Lipinski definition) is 3. The van der Waals surface area contributed by atoms with Crippen molar-refractivity contribution in [1.29, 1.82) is 0 Å². The maximum absolute atomic E-state index is 13.0. The molecule has 2 heterocycles. The molecule has 4 aromatic rings. The molecular weight excluding hydrogens is 288 g/mol. The molecule has 0 aliphatic carbocycles. The minimum Gasteiger partial charge on any atom is -0.272 e. The van der Waals surface area contributed by atoms with Gasteiger partial charge in [0.1, 0.15) is 5.82 Å². The summed E-state index contributed by atoms with van der Waals surface area (Å²) in [6, 6.07) is 15.8. The summed E-state index contributed by atoms with van der Waals surface area (Å²) in [4.78, 5) is 13.0. The van der Waals surface area contributed by atoms with Crippen molar-refractivity contribution >= 4 is 16.7 Å². The van der Waals surface area contributed by atoms with Crippen LogP contribution in [0.3, 0.4) is 0 Å². The highest BCUT2D eigenvalue weighted by Gasteiger charge is 2.14. The van der Waals surface area contributed by atoms with E-state index < -0.39 is 0 Å². The molecule has 0 saturated carbocycles. The van der Waals surface area contributed by atoms with Crippen LogP contribution < -0.4 is 5.56 Å². The fourth-order valence-electron chi connectivity index (χ4n) is 2.97. The fraction of sp³-hybridized carbons (Fsp3) is 0.167. The first-order valence-corrected chi connectivity index (χ1v) is 7.54. The summed E-state index contributed by atoms with van der Waals surface area (Å²) in [6.45, 7) is 4.37. The quantitative estimate of drug-likeness (QED) is 0.572. The van der Waals surface area contributed by atoms with E-state index in [0.717, 1.165) is 22.5 Å². The van der Waals surface area contributed by atoms with Gasteiger partial charge >= 0.3 is 0 Å². The normalized spacial score (nSPS) is 11.4. The van der Waals surface area contributed by atoms with Gasteiger partial charge < -0.3 is 0 Å². The maximum atomic E-state index is 13.0. The van der Waals surface area contributed by atoms with Gasteiger partial charge in [0.25, 0.3) is 5.56 Å². The molecule has 23 heavy (non-hydrogen) atoms. The van der Waals surface area contributed by atoms with Crippen LogP contribution in [-0.2, 0) is 6.54 Å². The number of aromatic nitrogens is 4. The zero-order valence-corrected chi connectivity index (χ0v) is 13.0. The van der Waals surface area contributed by atoms with E-state index in [1.165, 1.54) is 0 Å². The van der Waals surface area contributed by atoms with E-state index in [1.54, 1.807) is 4.57 Å². The second-order valence-corrected chi connectivity index (χ2v) is 5.78. The molecule has 0 radical (unpaired) electrons. The highest BCUT2D eigenvalue weighted by molar-refractivity contribution is 5.81. The molecule has 0 aliphatic heterocycles. The molecule has 5 heteroatoms. The third kappa shape index (κ3) is 2.12. The number of aryl methyl sites for hydroxylation is 2. The Labute approximate surface area is 132 Å². The first-order chi connectivity index (χ1) is 11.1. The fourth-order valence-corrected chi connectivity index (χ4v) is 2.97. The summed E-state index contributed by atoms with van der Waals surface area (Å²) < 4.78 is 3.64. The zero-order valence-electron chi connectivity index (χ0n) is 13.0. The van der Waals surface area contributed by atoms with Crippen LogP contribution in [0.25, 0.3) is 16.7 Å². The van der Waals surface area contributed by atoms with Gasteiger partial charge in [-0.05, 0) is 31.5 Å². The number of fused-ring (bicyclic) bond motifs is 3. The van der Waals surface area contributed by atoms with Crippen molar-refractivity contribution in [3.05, 3.63) is 75.8 Å². The SMILES string of the molecule is Cc1ccc2c(c1)c(=O)n(Cc1ccccc1)c1nnc(C)n21. The van der Waals surface area contributed by atoms with E-state index in [2.05, 4.69) is 10.2 Å². The lowest BCUT2D eigenvalue weighted by Crippen LogP contribution is -2.24. The lowest BCUT2D eigenvalue weighted by Gasteiger charge is -2.11. The van der Waals surface area contributed by atoms with E-state index in [-0.39, 0.29) is 5.56 Å². The molecule has 0 unspecified atom stereocenters. The molecule has 4 rings (SSSR count). The van der Waals surface area contributed by atoms with Gasteiger partial charge in [-0.1, -0.05) is 42.0 Å². The van der Waals surface area contributed by atoms with E-state index in [0.29, 0.717) is 17.7 Å². The van der Waals surface area contributed by atoms with E-state index >= 15 is 0 Å². The summed E-state index contributed by atoms with van der Waals surface area (Å²) in [5.41, 5.74) is 2.94. The average Bonchev–Trinajstić information content (AvgIpc) is 2.94. The van der Waals surface area contributed by atoms with Crippen LogP contribution in [0.2, 0.25) is 0 Å². The molecule has 0 atom stereocenters. The largest absolute Gasteiger partial charge is 0.272 e. The van der Waals surface area contributed by atoms with Gasteiger partial charge in [0, 0.05) is 0 Å². The topological polar surface area (TPSA) is 52.2 Å². The van der Waals surface area contributed by atoms with Crippen LogP contribution in [0, 0.1) is 13.8 Å². The third-order valence-corrected chi connectivity index (χ3v) is 4.10. The Morgan fingerprint density at radius 3 is 2.57 bits per heavy atom. The first kappa shape index (κ1) is 13.7. The van der Waals surface area contributed by atoms with Crippen LogP contribution in [-0.4, -0.2) is 19.2 Å². The van der Waals surface area contributed by atoms with Gasteiger partial charge in [-0.2, -0.15) is 0 Å². The molecule has 0 aliphatic rings. The molecule has 0 saturated heterocycles. The van der Waals surface area contributed by atoms with E-state index in [9.17, 15) is 4.79 Å².